The Morgan fingerprint density at radius 3 is 2.29 bits per heavy atom. The Balaban J connectivity index is 2.73. The van der Waals surface area contributed by atoms with E-state index in [9.17, 15) is 0 Å². The van der Waals surface area contributed by atoms with Gasteiger partial charge in [-0.3, -0.25) is 0 Å². The van der Waals surface area contributed by atoms with Gasteiger partial charge < -0.3 is 18.8 Å². The fourth-order valence-electron chi connectivity index (χ4n) is 2.64. The molecule has 0 unspecified atom stereocenters. The summed E-state index contributed by atoms with van der Waals surface area (Å²) in [6.45, 7) is 4.73. The molecule has 1 aromatic carbocycles. The summed E-state index contributed by atoms with van der Waals surface area (Å²) in [6.07, 6.45) is 0. The predicted octanol–water partition coefficient (Wildman–Crippen LogP) is 3.17. The molecular weight excluding hydrogens is 292 g/mol. The Morgan fingerprint density at radius 2 is 1.76 bits per heavy atom. The quantitative estimate of drug-likeness (QED) is 0.769. The SMILES string of the molecule is COCC(C)(C)n1c(CCl)nc2cc(OC)c(OC)cc21. The van der Waals surface area contributed by atoms with Crippen LogP contribution in [0.3, 0.4) is 0 Å². The number of benzene rings is 1. The van der Waals surface area contributed by atoms with Crippen LogP contribution >= 0.6 is 11.6 Å². The van der Waals surface area contributed by atoms with Gasteiger partial charge in [-0.2, -0.15) is 0 Å². The predicted molar refractivity (Wildman–Crippen MR) is 83.6 cm³/mol. The van der Waals surface area contributed by atoms with E-state index in [2.05, 4.69) is 23.4 Å². The van der Waals surface area contributed by atoms with Gasteiger partial charge in [0.05, 0.1) is 43.3 Å². The molecular formula is C15H21ClN2O3. The van der Waals surface area contributed by atoms with Crippen molar-refractivity contribution in [2.24, 2.45) is 0 Å². The highest BCUT2D eigenvalue weighted by Gasteiger charge is 2.26. The Labute approximate surface area is 129 Å². The summed E-state index contributed by atoms with van der Waals surface area (Å²) in [5.41, 5.74) is 1.51. The number of hydrogen-bond acceptors (Lipinski definition) is 4. The van der Waals surface area contributed by atoms with Crippen LogP contribution < -0.4 is 9.47 Å². The Bertz CT molecular complexity index is 637. The first kappa shape index (κ1) is 15.9. The first-order valence-electron chi connectivity index (χ1n) is 6.67. The third-order valence-corrected chi connectivity index (χ3v) is 3.69. The molecule has 0 aliphatic rings. The van der Waals surface area contributed by atoms with Crippen LogP contribution in [0.15, 0.2) is 12.1 Å². The molecule has 0 saturated heterocycles. The van der Waals surface area contributed by atoms with Crippen molar-refractivity contribution in [3.63, 3.8) is 0 Å². The third kappa shape index (κ3) is 2.80. The van der Waals surface area contributed by atoms with Crippen LogP contribution in [0.25, 0.3) is 11.0 Å². The number of halogens is 1. The van der Waals surface area contributed by atoms with E-state index < -0.39 is 0 Å². The van der Waals surface area contributed by atoms with E-state index in [0.29, 0.717) is 24.0 Å². The van der Waals surface area contributed by atoms with Crippen LogP contribution in [0.2, 0.25) is 0 Å². The van der Waals surface area contributed by atoms with Crippen molar-refractivity contribution in [2.75, 3.05) is 27.9 Å². The molecule has 0 radical (unpaired) electrons. The molecule has 0 N–H and O–H groups in total. The van der Waals surface area contributed by atoms with Gasteiger partial charge in [-0.15, -0.1) is 11.6 Å². The largest absolute Gasteiger partial charge is 0.493 e. The molecule has 0 aliphatic heterocycles. The topological polar surface area (TPSA) is 45.5 Å². The maximum Gasteiger partial charge on any atom is 0.163 e. The number of methoxy groups -OCH3 is 3. The Hall–Kier alpha value is -1.46. The molecule has 0 amide bonds. The fraction of sp³-hybridized carbons (Fsp3) is 0.533. The lowest BCUT2D eigenvalue weighted by Crippen LogP contribution is -2.32. The number of alkyl halides is 1. The van der Waals surface area contributed by atoms with Crippen molar-refractivity contribution >= 4 is 22.6 Å². The van der Waals surface area contributed by atoms with E-state index in [-0.39, 0.29) is 5.54 Å². The van der Waals surface area contributed by atoms with Crippen molar-refractivity contribution in [1.29, 1.82) is 0 Å². The molecule has 2 rings (SSSR count). The average molecular weight is 313 g/mol. The standard InChI is InChI=1S/C15H21ClN2O3/c1-15(2,9-19-3)18-11-7-13(21-5)12(20-4)6-10(11)17-14(18)8-16/h6-7H,8-9H2,1-5H3. The lowest BCUT2D eigenvalue weighted by atomic mass is 10.1. The first-order valence-corrected chi connectivity index (χ1v) is 7.20. The van der Waals surface area contributed by atoms with Crippen LogP contribution in [0.4, 0.5) is 0 Å². The number of nitrogens with zero attached hydrogens (tertiary/aromatic N) is 2. The molecule has 2 aromatic rings. The smallest absolute Gasteiger partial charge is 0.163 e. The zero-order chi connectivity index (χ0) is 15.6. The van der Waals surface area contributed by atoms with E-state index in [4.69, 9.17) is 25.8 Å². The Morgan fingerprint density at radius 1 is 1.14 bits per heavy atom. The monoisotopic (exact) mass is 312 g/mol. The van der Waals surface area contributed by atoms with Crippen LogP contribution in [0, 0.1) is 0 Å². The minimum atomic E-state index is -0.271. The van der Waals surface area contributed by atoms with Crippen molar-refractivity contribution < 1.29 is 14.2 Å². The zero-order valence-corrected chi connectivity index (χ0v) is 13.8. The van der Waals surface area contributed by atoms with E-state index in [1.54, 1.807) is 21.3 Å². The third-order valence-electron chi connectivity index (χ3n) is 3.45. The number of aromatic nitrogens is 2. The van der Waals surface area contributed by atoms with Gasteiger partial charge >= 0.3 is 0 Å². The van der Waals surface area contributed by atoms with Crippen LogP contribution in [-0.4, -0.2) is 37.5 Å². The van der Waals surface area contributed by atoms with Gasteiger partial charge in [0.15, 0.2) is 11.5 Å². The van der Waals surface area contributed by atoms with E-state index in [1.165, 1.54) is 0 Å². The fourth-order valence-corrected chi connectivity index (χ4v) is 2.82. The van der Waals surface area contributed by atoms with Crippen molar-refractivity contribution in [3.8, 4) is 11.5 Å². The van der Waals surface area contributed by atoms with Gasteiger partial charge in [-0.25, -0.2) is 4.98 Å². The van der Waals surface area contributed by atoms with E-state index in [1.807, 2.05) is 12.1 Å². The minimum Gasteiger partial charge on any atom is -0.493 e. The molecule has 0 fully saturated rings. The molecule has 1 aromatic heterocycles. The van der Waals surface area contributed by atoms with Crippen LogP contribution in [0.5, 0.6) is 11.5 Å². The average Bonchev–Trinajstić information content (AvgIpc) is 2.83. The molecule has 6 heteroatoms. The van der Waals surface area contributed by atoms with Crippen molar-refractivity contribution in [1.82, 2.24) is 9.55 Å². The van der Waals surface area contributed by atoms with Gasteiger partial charge in [0.25, 0.3) is 0 Å². The highest BCUT2D eigenvalue weighted by Crippen LogP contribution is 2.35. The molecule has 0 aliphatic carbocycles. The second kappa shape index (κ2) is 6.12. The van der Waals surface area contributed by atoms with Crippen molar-refractivity contribution in [2.45, 2.75) is 25.3 Å². The molecule has 21 heavy (non-hydrogen) atoms. The van der Waals surface area contributed by atoms with E-state index in [0.717, 1.165) is 16.9 Å². The van der Waals surface area contributed by atoms with Crippen LogP contribution in [0.1, 0.15) is 19.7 Å². The van der Waals surface area contributed by atoms with E-state index >= 15 is 0 Å². The second-order valence-corrected chi connectivity index (χ2v) is 5.71. The molecule has 0 bridgehead atoms. The lowest BCUT2D eigenvalue weighted by Gasteiger charge is -2.28. The summed E-state index contributed by atoms with van der Waals surface area (Å²) in [5, 5.41) is 0. The van der Waals surface area contributed by atoms with Gasteiger partial charge in [0.1, 0.15) is 5.82 Å². The summed E-state index contributed by atoms with van der Waals surface area (Å²) >= 11 is 6.07. The summed E-state index contributed by atoms with van der Waals surface area (Å²) in [4.78, 5) is 4.60. The first-order chi connectivity index (χ1) is 9.98. The molecule has 0 spiro atoms. The Kier molecular flexibility index (Phi) is 4.64. The van der Waals surface area contributed by atoms with Gasteiger partial charge in [0, 0.05) is 19.2 Å². The van der Waals surface area contributed by atoms with Gasteiger partial charge in [-0.1, -0.05) is 0 Å². The summed E-state index contributed by atoms with van der Waals surface area (Å²) in [7, 11) is 4.91. The normalized spacial score (nSPS) is 11.9. The maximum absolute atomic E-state index is 6.07. The second-order valence-electron chi connectivity index (χ2n) is 5.44. The number of hydrogen-bond donors (Lipinski definition) is 0. The maximum atomic E-state index is 6.07. The summed E-state index contributed by atoms with van der Waals surface area (Å²) < 4.78 is 18.1. The molecule has 0 atom stereocenters. The van der Waals surface area contributed by atoms with Gasteiger partial charge in [0.2, 0.25) is 0 Å². The zero-order valence-electron chi connectivity index (χ0n) is 13.1. The van der Waals surface area contributed by atoms with Gasteiger partial charge in [-0.05, 0) is 13.8 Å². The molecule has 5 nitrogen and oxygen atoms in total. The lowest BCUT2D eigenvalue weighted by molar-refractivity contribution is 0.110. The number of fused-ring (bicyclic) bond motifs is 1. The number of rotatable bonds is 6. The number of ether oxygens (including phenoxy) is 3. The summed E-state index contributed by atoms with van der Waals surface area (Å²) in [6, 6.07) is 3.79. The summed E-state index contributed by atoms with van der Waals surface area (Å²) in [5.74, 6) is 2.44. The molecule has 116 valence electrons. The highest BCUT2D eigenvalue weighted by molar-refractivity contribution is 6.16. The molecule has 0 saturated carbocycles. The van der Waals surface area contributed by atoms with Crippen LogP contribution in [-0.2, 0) is 16.2 Å². The molecule has 1 heterocycles. The highest BCUT2D eigenvalue weighted by atomic mass is 35.5. The van der Waals surface area contributed by atoms with Crippen molar-refractivity contribution in [3.05, 3.63) is 18.0 Å². The number of imidazole rings is 1. The minimum absolute atomic E-state index is 0.271.